The van der Waals surface area contributed by atoms with E-state index in [0.29, 0.717) is 0 Å². The number of rotatable bonds is 0. The first kappa shape index (κ1) is 4.12. The summed E-state index contributed by atoms with van der Waals surface area (Å²) in [6.07, 6.45) is 0. The zero-order chi connectivity index (χ0) is 3.70. The molecule has 0 unspecified atom stereocenters. The Kier molecular flexibility index (Phi) is 1.32. The Balaban J connectivity index is 2.32. The molecule has 1 heterocycles. The molecule has 1 aliphatic heterocycles. The van der Waals surface area contributed by atoms with Crippen LogP contribution in [-0.2, 0) is 11.8 Å². The van der Waals surface area contributed by atoms with Crippen LogP contribution in [-0.4, -0.2) is 11.8 Å². The summed E-state index contributed by atoms with van der Waals surface area (Å²) in [5.41, 5.74) is 0. The summed E-state index contributed by atoms with van der Waals surface area (Å²) in [5.74, 6) is 2.79. The van der Waals surface area contributed by atoms with Crippen molar-refractivity contribution >= 4 is 27.1 Å². The van der Waals surface area contributed by atoms with Gasteiger partial charge in [0.25, 0.3) is 0 Å². The molecule has 0 N–H and O–H groups in total. The highest BCUT2D eigenvalue weighted by Crippen LogP contribution is 2.47. The molecule has 0 amide bonds. The Hall–Kier alpha value is 0.950. The smallest absolute Gasteiger partial charge is 0.0243 e. The first-order valence-electron chi connectivity index (χ1n) is 1.52. The minimum absolute atomic E-state index is 0.178. The summed E-state index contributed by atoms with van der Waals surface area (Å²) >= 11 is 4.94. The zero-order valence-corrected chi connectivity index (χ0v) is 5.48. The lowest BCUT2D eigenvalue weighted by molar-refractivity contribution is 1.94. The van der Waals surface area contributed by atoms with Crippen molar-refractivity contribution in [2.24, 2.45) is 0 Å². The summed E-state index contributed by atoms with van der Waals surface area (Å²) in [5, 5.41) is 0. The van der Waals surface area contributed by atoms with E-state index in [1.807, 2.05) is 0 Å². The number of hydrogen-bond donors (Lipinski definition) is 0. The monoisotopic (exact) mass is 123 g/mol. The van der Waals surface area contributed by atoms with Gasteiger partial charge in [-0.05, 0) is 8.58 Å². The van der Waals surface area contributed by atoms with Crippen LogP contribution in [0.25, 0.3) is 0 Å². The van der Waals surface area contributed by atoms with Crippen LogP contribution >= 0.6 is 15.3 Å². The van der Waals surface area contributed by atoms with Gasteiger partial charge < -0.3 is 0 Å². The lowest BCUT2D eigenvalue weighted by Gasteiger charge is -1.95. The molecule has 0 bridgehead atoms. The van der Waals surface area contributed by atoms with E-state index in [1.54, 1.807) is 0 Å². The van der Waals surface area contributed by atoms with Gasteiger partial charge in [-0.15, -0.1) is 0 Å². The van der Waals surface area contributed by atoms with Gasteiger partial charge in [-0.1, -0.05) is 0 Å². The van der Waals surface area contributed by atoms with E-state index in [1.165, 1.54) is 20.4 Å². The summed E-state index contributed by atoms with van der Waals surface area (Å²) in [6, 6.07) is 0. The SMILES string of the molecule is S=[P+]1CPC1. The van der Waals surface area contributed by atoms with E-state index >= 15 is 0 Å². The van der Waals surface area contributed by atoms with Gasteiger partial charge in [-0.3, -0.25) is 0 Å². The molecule has 0 aromatic rings. The highest BCUT2D eigenvalue weighted by atomic mass is 32.4. The second kappa shape index (κ2) is 1.60. The Morgan fingerprint density at radius 1 is 1.60 bits per heavy atom. The third kappa shape index (κ3) is 0.892. The minimum atomic E-state index is 0.178. The van der Waals surface area contributed by atoms with Crippen LogP contribution < -0.4 is 0 Å². The van der Waals surface area contributed by atoms with Gasteiger partial charge >= 0.3 is 0 Å². The second-order valence-electron chi connectivity index (χ2n) is 1.05. The fourth-order valence-corrected chi connectivity index (χ4v) is 3.47. The van der Waals surface area contributed by atoms with Gasteiger partial charge in [0.05, 0.1) is 0 Å². The molecule has 0 aliphatic carbocycles. The Bertz CT molecular complexity index is 54.7. The molecular weight excluding hydrogens is 118 g/mol. The maximum Gasteiger partial charge on any atom is 0.183 e. The molecule has 0 spiro atoms. The highest BCUT2D eigenvalue weighted by molar-refractivity contribution is 8.12. The fraction of sp³-hybridized carbons (Fsp3) is 1.00. The Labute approximate surface area is 39.5 Å². The Morgan fingerprint density at radius 2 is 2.00 bits per heavy atom. The Morgan fingerprint density at radius 3 is 2.00 bits per heavy atom. The third-order valence-corrected chi connectivity index (χ3v) is 7.51. The quantitative estimate of drug-likeness (QED) is 0.440. The van der Waals surface area contributed by atoms with Crippen LogP contribution in [0.5, 0.6) is 0 Å². The molecule has 0 aromatic heterocycles. The molecule has 28 valence electrons. The van der Waals surface area contributed by atoms with Gasteiger partial charge in [-0.25, -0.2) is 0 Å². The molecule has 1 fully saturated rings. The van der Waals surface area contributed by atoms with Crippen LogP contribution in [0.4, 0.5) is 0 Å². The van der Waals surface area contributed by atoms with Crippen molar-refractivity contribution in [2.75, 3.05) is 11.8 Å². The van der Waals surface area contributed by atoms with E-state index in [-0.39, 0.29) is 6.70 Å². The van der Waals surface area contributed by atoms with Crippen molar-refractivity contribution in [3.8, 4) is 0 Å². The maximum absolute atomic E-state index is 4.94. The van der Waals surface area contributed by atoms with Crippen molar-refractivity contribution in [3.05, 3.63) is 0 Å². The van der Waals surface area contributed by atoms with Crippen LogP contribution in [0.2, 0.25) is 0 Å². The molecule has 1 rings (SSSR count). The van der Waals surface area contributed by atoms with Crippen LogP contribution in [0, 0.1) is 0 Å². The summed E-state index contributed by atoms with van der Waals surface area (Å²) in [7, 11) is 1.23. The fourth-order valence-electron chi connectivity index (χ4n) is 0.203. The first-order chi connectivity index (χ1) is 2.39. The average Bonchev–Trinajstić information content (AvgIpc) is 1.30. The third-order valence-electron chi connectivity index (χ3n) is 0.576. The average molecular weight is 123 g/mol. The maximum atomic E-state index is 4.94. The summed E-state index contributed by atoms with van der Waals surface area (Å²) < 4.78 is 0. The van der Waals surface area contributed by atoms with E-state index in [4.69, 9.17) is 11.8 Å². The van der Waals surface area contributed by atoms with Crippen molar-refractivity contribution in [3.63, 3.8) is 0 Å². The second-order valence-corrected chi connectivity index (χ2v) is 6.59. The van der Waals surface area contributed by atoms with Crippen molar-refractivity contribution in [2.45, 2.75) is 0 Å². The molecule has 5 heavy (non-hydrogen) atoms. The van der Waals surface area contributed by atoms with Crippen LogP contribution in [0.1, 0.15) is 0 Å². The zero-order valence-electron chi connectivity index (χ0n) is 2.77. The van der Waals surface area contributed by atoms with E-state index in [9.17, 15) is 0 Å². The van der Waals surface area contributed by atoms with Crippen LogP contribution in [0.15, 0.2) is 0 Å². The number of hydrogen-bond acceptors (Lipinski definition) is 1. The molecule has 0 aromatic carbocycles. The van der Waals surface area contributed by atoms with Gasteiger partial charge in [-0.2, -0.15) is 0 Å². The molecule has 0 radical (unpaired) electrons. The summed E-state index contributed by atoms with van der Waals surface area (Å²) in [4.78, 5) is 0. The van der Waals surface area contributed by atoms with Gasteiger partial charge in [0, 0.05) is 0 Å². The van der Waals surface area contributed by atoms with E-state index < -0.39 is 0 Å². The standard InChI is InChI=1S/C2H5P2S/c5-4-1-3-2-4/h3H,1-2H2/q+1. The van der Waals surface area contributed by atoms with Gasteiger partial charge in [0.2, 0.25) is 0 Å². The molecule has 0 saturated carbocycles. The van der Waals surface area contributed by atoms with Crippen molar-refractivity contribution in [1.82, 2.24) is 0 Å². The molecule has 1 aliphatic rings. The van der Waals surface area contributed by atoms with E-state index in [2.05, 4.69) is 0 Å². The lowest BCUT2D eigenvalue weighted by Crippen LogP contribution is -1.80. The minimum Gasteiger partial charge on any atom is -0.0243 e. The predicted molar refractivity (Wildman–Crippen MR) is 32.3 cm³/mol. The first-order valence-corrected chi connectivity index (χ1v) is 5.66. The van der Waals surface area contributed by atoms with E-state index in [0.717, 1.165) is 0 Å². The van der Waals surface area contributed by atoms with Gasteiger partial charge in [0.1, 0.15) is 11.8 Å². The lowest BCUT2D eigenvalue weighted by atomic mass is 11.8. The van der Waals surface area contributed by atoms with Crippen molar-refractivity contribution in [1.29, 1.82) is 0 Å². The highest BCUT2D eigenvalue weighted by Gasteiger charge is 2.19. The van der Waals surface area contributed by atoms with Crippen molar-refractivity contribution < 1.29 is 0 Å². The molecule has 0 atom stereocenters. The van der Waals surface area contributed by atoms with Gasteiger partial charge in [0.15, 0.2) is 18.5 Å². The summed E-state index contributed by atoms with van der Waals surface area (Å²) in [6.45, 7) is 0.178. The van der Waals surface area contributed by atoms with Crippen LogP contribution in [0.3, 0.4) is 0 Å². The molecule has 3 heteroatoms. The predicted octanol–water partition coefficient (Wildman–Crippen LogP) is 1.54. The molecular formula is C2H5P2S+. The molecule has 0 nitrogen and oxygen atoms in total. The molecule has 1 saturated heterocycles. The normalized spacial score (nSPS) is 34.0. The topological polar surface area (TPSA) is 0 Å². The largest absolute Gasteiger partial charge is 0.183 e.